The van der Waals surface area contributed by atoms with Gasteiger partial charge in [-0.15, -0.1) is 0 Å². The zero-order valence-electron chi connectivity index (χ0n) is 18.0. The maximum absolute atomic E-state index is 12.9. The van der Waals surface area contributed by atoms with Crippen LogP contribution in [0.4, 0.5) is 9.59 Å². The number of amides is 3. The third-order valence-electron chi connectivity index (χ3n) is 5.94. The summed E-state index contributed by atoms with van der Waals surface area (Å²) in [5.74, 6) is -0.348. The summed E-state index contributed by atoms with van der Waals surface area (Å²) < 4.78 is 11.0. The van der Waals surface area contributed by atoms with Gasteiger partial charge in [0.1, 0.15) is 6.04 Å². The Bertz CT molecular complexity index is 927. The molecule has 1 N–H and O–H groups in total. The number of carbonyl (C=O) groups is 3. The average molecular weight is 437 g/mol. The fourth-order valence-electron chi connectivity index (χ4n) is 4.46. The van der Waals surface area contributed by atoms with Crippen LogP contribution in [0, 0.1) is 0 Å². The first-order chi connectivity index (χ1) is 15.6. The monoisotopic (exact) mass is 437 g/mol. The molecule has 2 aromatic carbocycles. The highest BCUT2D eigenvalue weighted by molar-refractivity contribution is 5.78. The van der Waals surface area contributed by atoms with Crippen molar-refractivity contribution in [1.82, 2.24) is 15.1 Å². The first-order valence-corrected chi connectivity index (χ1v) is 10.9. The van der Waals surface area contributed by atoms with Gasteiger partial charge in [-0.3, -0.25) is 9.69 Å². The minimum atomic E-state index is -1.02. The van der Waals surface area contributed by atoms with Crippen molar-refractivity contribution in [3.8, 4) is 0 Å². The molecule has 0 bridgehead atoms. The van der Waals surface area contributed by atoms with Crippen molar-refractivity contribution in [3.05, 3.63) is 71.8 Å². The van der Waals surface area contributed by atoms with Gasteiger partial charge in [-0.25, -0.2) is 9.59 Å². The number of piperazine rings is 1. The van der Waals surface area contributed by atoms with Gasteiger partial charge in [-0.05, 0) is 6.92 Å². The Kier molecular flexibility index (Phi) is 6.30. The Balaban J connectivity index is 1.58. The summed E-state index contributed by atoms with van der Waals surface area (Å²) in [6.07, 6.45) is -0.271. The lowest BCUT2D eigenvalue weighted by molar-refractivity contribution is -0.142. The molecule has 2 aliphatic heterocycles. The molecule has 1 atom stereocenters. The van der Waals surface area contributed by atoms with Crippen molar-refractivity contribution in [2.45, 2.75) is 25.0 Å². The predicted octanol–water partition coefficient (Wildman–Crippen LogP) is 2.73. The van der Waals surface area contributed by atoms with Gasteiger partial charge in [-0.2, -0.15) is 0 Å². The van der Waals surface area contributed by atoms with Crippen molar-refractivity contribution in [2.24, 2.45) is 0 Å². The largest absolute Gasteiger partial charge is 0.466 e. The summed E-state index contributed by atoms with van der Waals surface area (Å²) in [7, 11) is 0. The molecule has 4 rings (SSSR count). The molecule has 2 heterocycles. The van der Waals surface area contributed by atoms with Crippen LogP contribution < -0.4 is 5.32 Å². The highest BCUT2D eigenvalue weighted by atomic mass is 16.6. The second-order valence-electron chi connectivity index (χ2n) is 7.78. The molecule has 2 fully saturated rings. The molecule has 32 heavy (non-hydrogen) atoms. The van der Waals surface area contributed by atoms with Crippen LogP contribution in [0.2, 0.25) is 0 Å². The maximum Gasteiger partial charge on any atom is 0.411 e. The number of hydrogen-bond donors (Lipinski definition) is 1. The van der Waals surface area contributed by atoms with Crippen LogP contribution in [0.15, 0.2) is 60.7 Å². The number of hydrogen-bond acceptors (Lipinski definition) is 5. The van der Waals surface area contributed by atoms with E-state index >= 15 is 0 Å². The molecule has 0 radical (unpaired) electrons. The molecule has 2 saturated heterocycles. The molecule has 0 saturated carbocycles. The van der Waals surface area contributed by atoms with Crippen LogP contribution in [0.5, 0.6) is 0 Å². The Morgan fingerprint density at radius 2 is 1.69 bits per heavy atom. The third-order valence-corrected chi connectivity index (χ3v) is 5.94. The van der Waals surface area contributed by atoms with E-state index < -0.39 is 5.60 Å². The minimum absolute atomic E-state index is 0.114. The number of esters is 1. The van der Waals surface area contributed by atoms with Crippen LogP contribution in [-0.2, 0) is 19.9 Å². The summed E-state index contributed by atoms with van der Waals surface area (Å²) in [6, 6.07) is 18.6. The summed E-state index contributed by atoms with van der Waals surface area (Å²) in [5.41, 5.74) is 0.692. The number of fused-ring (bicyclic) bond motifs is 1. The van der Waals surface area contributed by atoms with Gasteiger partial charge in [0.15, 0.2) is 5.60 Å². The van der Waals surface area contributed by atoms with Gasteiger partial charge in [0, 0.05) is 37.3 Å². The Labute approximate surface area is 187 Å². The van der Waals surface area contributed by atoms with E-state index in [0.29, 0.717) is 26.2 Å². The molecular weight excluding hydrogens is 410 g/mol. The van der Waals surface area contributed by atoms with E-state index in [-0.39, 0.29) is 37.1 Å². The van der Waals surface area contributed by atoms with Crippen molar-refractivity contribution < 1.29 is 23.9 Å². The Hall–Kier alpha value is -3.55. The number of urea groups is 1. The van der Waals surface area contributed by atoms with Crippen LogP contribution in [0.1, 0.15) is 24.5 Å². The molecule has 0 spiro atoms. The number of nitrogens with zero attached hydrogens (tertiary/aromatic N) is 2. The molecular formula is C24H27N3O5. The molecule has 2 aromatic rings. The molecule has 0 aromatic heterocycles. The summed E-state index contributed by atoms with van der Waals surface area (Å²) >= 11 is 0. The molecule has 8 nitrogen and oxygen atoms in total. The van der Waals surface area contributed by atoms with E-state index in [1.807, 2.05) is 60.7 Å². The maximum atomic E-state index is 12.9. The van der Waals surface area contributed by atoms with E-state index in [9.17, 15) is 14.4 Å². The van der Waals surface area contributed by atoms with E-state index in [2.05, 4.69) is 5.32 Å². The van der Waals surface area contributed by atoms with E-state index in [1.54, 1.807) is 16.7 Å². The number of carbonyl (C=O) groups excluding carboxylic acids is 3. The number of nitrogens with one attached hydrogen (secondary N) is 1. The van der Waals surface area contributed by atoms with Crippen molar-refractivity contribution >= 4 is 18.1 Å². The van der Waals surface area contributed by atoms with E-state index in [1.165, 1.54) is 0 Å². The molecule has 1 unspecified atom stereocenters. The van der Waals surface area contributed by atoms with Crippen molar-refractivity contribution in [1.29, 1.82) is 0 Å². The summed E-state index contributed by atoms with van der Waals surface area (Å²) in [5, 5.41) is 2.78. The molecule has 168 valence electrons. The Morgan fingerprint density at radius 3 is 2.28 bits per heavy atom. The van der Waals surface area contributed by atoms with E-state index in [4.69, 9.17) is 9.47 Å². The van der Waals surface area contributed by atoms with Crippen LogP contribution in [0.25, 0.3) is 0 Å². The van der Waals surface area contributed by atoms with Gasteiger partial charge < -0.3 is 19.7 Å². The van der Waals surface area contributed by atoms with Crippen molar-refractivity contribution in [3.63, 3.8) is 0 Å². The molecule has 8 heteroatoms. The molecule has 3 amide bonds. The Morgan fingerprint density at radius 1 is 1.06 bits per heavy atom. The quantitative estimate of drug-likeness (QED) is 0.702. The SMILES string of the molecule is CCOC(=O)CCNC(=O)N1CCN2C(=O)OC(c3ccccc3)(c3ccccc3)C2C1. The third kappa shape index (κ3) is 4.00. The lowest BCUT2D eigenvalue weighted by atomic mass is 9.79. The van der Waals surface area contributed by atoms with E-state index in [0.717, 1.165) is 11.1 Å². The summed E-state index contributed by atoms with van der Waals surface area (Å²) in [6.45, 7) is 3.31. The highest BCUT2D eigenvalue weighted by Gasteiger charge is 2.58. The van der Waals surface area contributed by atoms with Crippen LogP contribution in [0.3, 0.4) is 0 Å². The van der Waals surface area contributed by atoms with Crippen molar-refractivity contribution in [2.75, 3.05) is 32.8 Å². The van der Waals surface area contributed by atoms with Gasteiger partial charge in [0.25, 0.3) is 0 Å². The second kappa shape index (κ2) is 9.30. The van der Waals surface area contributed by atoms with Crippen LogP contribution >= 0.6 is 0 Å². The normalized spacial score (nSPS) is 19.2. The van der Waals surface area contributed by atoms with Crippen LogP contribution in [-0.4, -0.2) is 66.7 Å². The molecule has 2 aliphatic rings. The first-order valence-electron chi connectivity index (χ1n) is 10.9. The highest BCUT2D eigenvalue weighted by Crippen LogP contribution is 2.45. The van der Waals surface area contributed by atoms with Gasteiger partial charge in [0.2, 0.25) is 0 Å². The predicted molar refractivity (Wildman–Crippen MR) is 117 cm³/mol. The number of benzene rings is 2. The fourth-order valence-corrected chi connectivity index (χ4v) is 4.46. The fraction of sp³-hybridized carbons (Fsp3) is 0.375. The average Bonchev–Trinajstić information content (AvgIpc) is 3.13. The number of rotatable bonds is 6. The standard InChI is InChI=1S/C24H27N3O5/c1-2-31-21(28)13-14-25-22(29)26-15-16-27-20(17-26)24(32-23(27)30,18-9-5-3-6-10-18)19-11-7-4-8-12-19/h3-12,20H,2,13-17H2,1H3,(H,25,29). The molecule has 0 aliphatic carbocycles. The second-order valence-corrected chi connectivity index (χ2v) is 7.78. The first kappa shape index (κ1) is 21.7. The zero-order chi connectivity index (χ0) is 22.6. The number of ether oxygens (including phenoxy) is 2. The topological polar surface area (TPSA) is 88.2 Å². The smallest absolute Gasteiger partial charge is 0.411 e. The summed E-state index contributed by atoms with van der Waals surface area (Å²) in [4.78, 5) is 40.6. The lowest BCUT2D eigenvalue weighted by Gasteiger charge is -2.42. The number of cyclic esters (lactones) is 1. The van der Waals surface area contributed by atoms with Gasteiger partial charge in [-0.1, -0.05) is 60.7 Å². The zero-order valence-corrected chi connectivity index (χ0v) is 18.0. The lowest BCUT2D eigenvalue weighted by Crippen LogP contribution is -2.59. The minimum Gasteiger partial charge on any atom is -0.466 e. The van der Waals surface area contributed by atoms with Gasteiger partial charge >= 0.3 is 18.1 Å². The van der Waals surface area contributed by atoms with Gasteiger partial charge in [0.05, 0.1) is 13.0 Å².